The summed E-state index contributed by atoms with van der Waals surface area (Å²) in [6, 6.07) is 16.9. The van der Waals surface area contributed by atoms with Crippen LogP contribution in [-0.4, -0.2) is 23.4 Å². The molecule has 1 atom stereocenters. The fraction of sp³-hybridized carbons (Fsp3) is 0.200. The maximum atomic E-state index is 13.1. The molecule has 0 saturated heterocycles. The lowest BCUT2D eigenvalue weighted by Gasteiger charge is -2.18. The number of hydrogen-bond donors (Lipinski definition) is 1. The molecule has 3 rings (SSSR count). The van der Waals surface area contributed by atoms with Crippen molar-refractivity contribution < 1.29 is 16.8 Å². The number of thiophene rings is 1. The van der Waals surface area contributed by atoms with E-state index in [2.05, 4.69) is 4.72 Å². The Kier molecular flexibility index (Phi) is 6.04. The van der Waals surface area contributed by atoms with Crippen LogP contribution in [0.2, 0.25) is 0 Å². The van der Waals surface area contributed by atoms with Gasteiger partial charge in [0.2, 0.25) is 10.0 Å². The molecule has 0 saturated carbocycles. The van der Waals surface area contributed by atoms with Gasteiger partial charge < -0.3 is 0 Å². The maximum absolute atomic E-state index is 13.1. The molecule has 0 aliphatic rings. The van der Waals surface area contributed by atoms with Crippen molar-refractivity contribution in [3.05, 3.63) is 82.7 Å². The summed E-state index contributed by atoms with van der Waals surface area (Å²) in [5, 5.41) is 0.669. The van der Waals surface area contributed by atoms with Gasteiger partial charge in [-0.15, -0.1) is 11.3 Å². The molecule has 1 aromatic heterocycles. The molecule has 8 heteroatoms. The van der Waals surface area contributed by atoms with Gasteiger partial charge in [0, 0.05) is 6.54 Å². The first-order chi connectivity index (χ1) is 13.2. The summed E-state index contributed by atoms with van der Waals surface area (Å²) in [4.78, 5) is 0.151. The molecule has 0 radical (unpaired) electrons. The highest BCUT2D eigenvalue weighted by atomic mass is 32.2. The molecule has 2 aromatic carbocycles. The Labute approximate surface area is 170 Å². The summed E-state index contributed by atoms with van der Waals surface area (Å²) in [6.07, 6.45) is 0. The van der Waals surface area contributed by atoms with Crippen LogP contribution in [0.15, 0.2) is 75.1 Å². The normalized spacial score (nSPS) is 13.4. The van der Waals surface area contributed by atoms with Crippen molar-refractivity contribution in [3.8, 4) is 0 Å². The lowest BCUT2D eigenvalue weighted by atomic mass is 10.1. The fourth-order valence-electron chi connectivity index (χ4n) is 3.00. The predicted octanol–water partition coefficient (Wildman–Crippen LogP) is 3.86. The zero-order valence-electron chi connectivity index (χ0n) is 15.5. The summed E-state index contributed by atoms with van der Waals surface area (Å²) >= 11 is 1.12. The largest absolute Gasteiger partial charge is 0.240 e. The van der Waals surface area contributed by atoms with E-state index in [1.54, 1.807) is 60.8 Å². The summed E-state index contributed by atoms with van der Waals surface area (Å²) in [5.74, 6) is 0. The SMILES string of the molecule is Cc1ccc(S(=O)(=O)NC[C@H](c2ccccc2)S(=O)(=O)c2cccs2)c(C)c1. The minimum Gasteiger partial charge on any atom is -0.222 e. The molecule has 3 aromatic rings. The van der Waals surface area contributed by atoms with Gasteiger partial charge in [-0.25, -0.2) is 21.6 Å². The van der Waals surface area contributed by atoms with Gasteiger partial charge in [0.05, 0.1) is 4.90 Å². The van der Waals surface area contributed by atoms with Gasteiger partial charge in [0.25, 0.3) is 0 Å². The summed E-state index contributed by atoms with van der Waals surface area (Å²) in [7, 11) is -7.59. The monoisotopic (exact) mass is 435 g/mol. The third-order valence-corrected chi connectivity index (χ3v) is 9.52. The molecular formula is C20H21NO4S3. The first-order valence-corrected chi connectivity index (χ1v) is 12.5. The van der Waals surface area contributed by atoms with E-state index in [1.807, 2.05) is 6.92 Å². The predicted molar refractivity (Wildman–Crippen MR) is 112 cm³/mol. The molecule has 0 bridgehead atoms. The van der Waals surface area contributed by atoms with E-state index in [1.165, 1.54) is 12.1 Å². The number of sulfone groups is 1. The molecule has 5 nitrogen and oxygen atoms in total. The van der Waals surface area contributed by atoms with Crippen molar-refractivity contribution in [2.24, 2.45) is 0 Å². The molecule has 0 aliphatic heterocycles. The van der Waals surface area contributed by atoms with Gasteiger partial charge in [-0.3, -0.25) is 0 Å². The highest BCUT2D eigenvalue weighted by Gasteiger charge is 2.31. The van der Waals surface area contributed by atoms with Crippen molar-refractivity contribution in [1.82, 2.24) is 4.72 Å². The third kappa shape index (κ3) is 4.35. The minimum absolute atomic E-state index is 0.151. The molecule has 0 aliphatic carbocycles. The second-order valence-electron chi connectivity index (χ2n) is 6.50. The van der Waals surface area contributed by atoms with Gasteiger partial charge in [-0.05, 0) is 42.5 Å². The Morgan fingerprint density at radius 3 is 2.25 bits per heavy atom. The van der Waals surface area contributed by atoms with E-state index in [4.69, 9.17) is 0 Å². The Morgan fingerprint density at radius 1 is 0.929 bits per heavy atom. The highest BCUT2D eigenvalue weighted by molar-refractivity contribution is 7.93. The topological polar surface area (TPSA) is 80.3 Å². The number of benzene rings is 2. The van der Waals surface area contributed by atoms with Gasteiger partial charge in [0.15, 0.2) is 9.84 Å². The molecule has 28 heavy (non-hydrogen) atoms. The van der Waals surface area contributed by atoms with Crippen LogP contribution in [0.4, 0.5) is 0 Å². The molecule has 148 valence electrons. The van der Waals surface area contributed by atoms with Gasteiger partial charge in [0.1, 0.15) is 9.46 Å². The molecule has 0 unspecified atom stereocenters. The average molecular weight is 436 g/mol. The van der Waals surface area contributed by atoms with E-state index < -0.39 is 25.1 Å². The smallest absolute Gasteiger partial charge is 0.222 e. The standard InChI is InChI=1S/C20H21NO4S3/c1-15-10-11-18(16(2)13-15)28(24,25)21-14-19(17-7-4-3-5-8-17)27(22,23)20-9-6-12-26-20/h3-13,19,21H,14H2,1-2H3/t19-/m1/s1. The zero-order chi connectivity index (χ0) is 20.4. The Balaban J connectivity index is 1.95. The van der Waals surface area contributed by atoms with E-state index >= 15 is 0 Å². The van der Waals surface area contributed by atoms with Crippen molar-refractivity contribution in [1.29, 1.82) is 0 Å². The van der Waals surface area contributed by atoms with Crippen molar-refractivity contribution >= 4 is 31.2 Å². The van der Waals surface area contributed by atoms with Crippen LogP contribution in [0.3, 0.4) is 0 Å². The van der Waals surface area contributed by atoms with E-state index in [-0.39, 0.29) is 15.6 Å². The van der Waals surface area contributed by atoms with Crippen LogP contribution >= 0.6 is 11.3 Å². The van der Waals surface area contributed by atoms with E-state index in [0.29, 0.717) is 11.1 Å². The van der Waals surface area contributed by atoms with Gasteiger partial charge in [-0.2, -0.15) is 0 Å². The van der Waals surface area contributed by atoms with Crippen molar-refractivity contribution in [2.75, 3.05) is 6.54 Å². The lowest BCUT2D eigenvalue weighted by Crippen LogP contribution is -2.32. The molecular weight excluding hydrogens is 414 g/mol. The quantitative estimate of drug-likeness (QED) is 0.611. The Bertz CT molecular complexity index is 1150. The lowest BCUT2D eigenvalue weighted by molar-refractivity contribution is 0.569. The number of sulfonamides is 1. The summed E-state index contributed by atoms with van der Waals surface area (Å²) in [5.41, 5.74) is 2.11. The molecule has 1 heterocycles. The Hall–Kier alpha value is -2.00. The first kappa shape index (κ1) is 20.7. The second kappa shape index (κ2) is 8.16. The van der Waals surface area contributed by atoms with Crippen molar-refractivity contribution in [3.63, 3.8) is 0 Å². The number of hydrogen-bond acceptors (Lipinski definition) is 5. The molecule has 1 N–H and O–H groups in total. The molecule has 0 spiro atoms. The van der Waals surface area contributed by atoms with E-state index in [9.17, 15) is 16.8 Å². The maximum Gasteiger partial charge on any atom is 0.240 e. The summed E-state index contributed by atoms with van der Waals surface area (Å²) < 4.78 is 54.6. The van der Waals surface area contributed by atoms with Crippen LogP contribution in [0.1, 0.15) is 21.9 Å². The van der Waals surface area contributed by atoms with Crippen LogP contribution in [0, 0.1) is 13.8 Å². The van der Waals surface area contributed by atoms with Crippen LogP contribution in [0.25, 0.3) is 0 Å². The van der Waals surface area contributed by atoms with Crippen molar-refractivity contribution in [2.45, 2.75) is 28.2 Å². The zero-order valence-corrected chi connectivity index (χ0v) is 17.9. The highest BCUT2D eigenvalue weighted by Crippen LogP contribution is 2.31. The molecule has 0 fully saturated rings. The summed E-state index contributed by atoms with van der Waals surface area (Å²) in [6.45, 7) is 3.36. The van der Waals surface area contributed by atoms with Gasteiger partial charge >= 0.3 is 0 Å². The van der Waals surface area contributed by atoms with Crippen LogP contribution in [-0.2, 0) is 19.9 Å². The first-order valence-electron chi connectivity index (χ1n) is 8.61. The fourth-order valence-corrected chi connectivity index (χ4v) is 7.25. The third-order valence-electron chi connectivity index (χ3n) is 4.40. The second-order valence-corrected chi connectivity index (χ2v) is 11.5. The molecule has 0 amide bonds. The minimum atomic E-state index is -3.85. The number of aryl methyl sites for hydroxylation is 2. The number of rotatable bonds is 7. The van der Waals surface area contributed by atoms with Crippen LogP contribution < -0.4 is 4.72 Å². The Morgan fingerprint density at radius 2 is 1.64 bits per heavy atom. The average Bonchev–Trinajstić information content (AvgIpc) is 3.17. The van der Waals surface area contributed by atoms with E-state index in [0.717, 1.165) is 16.9 Å². The van der Waals surface area contributed by atoms with Gasteiger partial charge in [-0.1, -0.05) is 54.1 Å². The van der Waals surface area contributed by atoms with Crippen LogP contribution in [0.5, 0.6) is 0 Å². The number of nitrogens with one attached hydrogen (secondary N) is 1.